The van der Waals surface area contributed by atoms with Crippen molar-refractivity contribution in [2.75, 3.05) is 0 Å². The molecule has 0 aliphatic rings. The maximum atomic E-state index is 5.99. The van der Waals surface area contributed by atoms with Crippen LogP contribution in [0.15, 0.2) is 0 Å². The molecule has 0 saturated heterocycles. The van der Waals surface area contributed by atoms with Gasteiger partial charge in [-0.3, -0.25) is 0 Å². The Morgan fingerprint density at radius 2 is 1.92 bits per heavy atom. The molecule has 0 amide bonds. The van der Waals surface area contributed by atoms with E-state index in [4.69, 9.17) is 5.73 Å². The molecule has 13 heavy (non-hydrogen) atoms. The predicted octanol–water partition coefficient (Wildman–Crippen LogP) is 2.77. The van der Waals surface area contributed by atoms with E-state index in [1.807, 2.05) is 13.8 Å². The van der Waals surface area contributed by atoms with E-state index < -0.39 is 0 Å². The van der Waals surface area contributed by atoms with Crippen LogP contribution in [-0.2, 0) is 5.54 Å². The summed E-state index contributed by atoms with van der Waals surface area (Å²) in [4.78, 5) is 5.87. The summed E-state index contributed by atoms with van der Waals surface area (Å²) in [5.41, 5.74) is 6.88. The first kappa shape index (κ1) is 10.7. The van der Waals surface area contributed by atoms with Gasteiger partial charge in [0.2, 0.25) is 0 Å². The minimum absolute atomic E-state index is 0.303. The van der Waals surface area contributed by atoms with E-state index in [1.54, 1.807) is 11.3 Å². The molecule has 0 unspecified atom stereocenters. The normalized spacial score (nSPS) is 12.5. The Bertz CT molecular complexity index is 294. The van der Waals surface area contributed by atoms with E-state index in [0.29, 0.717) is 5.92 Å². The molecule has 0 atom stereocenters. The second-order valence-corrected chi connectivity index (χ2v) is 5.54. The van der Waals surface area contributed by atoms with Crippen LogP contribution in [0.5, 0.6) is 0 Å². The fourth-order valence-corrected chi connectivity index (χ4v) is 2.30. The van der Waals surface area contributed by atoms with Crippen molar-refractivity contribution in [3.63, 3.8) is 0 Å². The van der Waals surface area contributed by atoms with Crippen LogP contribution >= 0.6 is 11.3 Å². The van der Waals surface area contributed by atoms with Gasteiger partial charge in [-0.25, -0.2) is 4.98 Å². The highest BCUT2D eigenvalue weighted by Crippen LogP contribution is 2.29. The fourth-order valence-electron chi connectivity index (χ4n) is 1.22. The maximum Gasteiger partial charge on any atom is 0.112 e. The number of hydrogen-bond donors (Lipinski definition) is 1. The fraction of sp³-hybridized carbons (Fsp3) is 0.700. The van der Waals surface area contributed by atoms with Crippen LogP contribution in [0.4, 0.5) is 0 Å². The molecule has 2 nitrogen and oxygen atoms in total. The van der Waals surface area contributed by atoms with Crippen LogP contribution in [0.2, 0.25) is 0 Å². The first-order chi connectivity index (χ1) is 5.82. The number of hydrogen-bond acceptors (Lipinski definition) is 3. The lowest BCUT2D eigenvalue weighted by Crippen LogP contribution is -2.28. The molecular formula is C10H18N2S. The van der Waals surface area contributed by atoms with E-state index in [-0.39, 0.29) is 5.54 Å². The highest BCUT2D eigenvalue weighted by atomic mass is 32.1. The second kappa shape index (κ2) is 3.39. The minimum atomic E-state index is -0.303. The monoisotopic (exact) mass is 198 g/mol. The summed E-state index contributed by atoms with van der Waals surface area (Å²) in [5.74, 6) is 0.493. The molecule has 2 N–H and O–H groups in total. The number of thiazole rings is 1. The molecule has 0 radical (unpaired) electrons. The summed E-state index contributed by atoms with van der Waals surface area (Å²) in [7, 11) is 0. The molecular weight excluding hydrogens is 180 g/mol. The van der Waals surface area contributed by atoms with Crippen LogP contribution < -0.4 is 5.73 Å². The lowest BCUT2D eigenvalue weighted by atomic mass is 10.1. The van der Waals surface area contributed by atoms with E-state index in [0.717, 1.165) is 5.01 Å². The van der Waals surface area contributed by atoms with Gasteiger partial charge in [0.05, 0.1) is 11.2 Å². The van der Waals surface area contributed by atoms with Gasteiger partial charge in [-0.15, -0.1) is 11.3 Å². The molecule has 0 fully saturated rings. The van der Waals surface area contributed by atoms with Gasteiger partial charge in [0.25, 0.3) is 0 Å². The van der Waals surface area contributed by atoms with Gasteiger partial charge in [-0.1, -0.05) is 13.8 Å². The highest BCUT2D eigenvalue weighted by molar-refractivity contribution is 7.11. The molecule has 1 heterocycles. The lowest BCUT2D eigenvalue weighted by Gasteiger charge is -2.14. The van der Waals surface area contributed by atoms with Crippen molar-refractivity contribution < 1.29 is 0 Å². The Balaban J connectivity index is 3.10. The largest absolute Gasteiger partial charge is 0.320 e. The van der Waals surface area contributed by atoms with E-state index in [1.165, 1.54) is 10.6 Å². The van der Waals surface area contributed by atoms with Gasteiger partial charge in [0.15, 0.2) is 0 Å². The number of nitrogens with two attached hydrogens (primary N) is 1. The first-order valence-electron chi connectivity index (χ1n) is 4.59. The quantitative estimate of drug-likeness (QED) is 0.793. The van der Waals surface area contributed by atoms with E-state index in [2.05, 4.69) is 25.8 Å². The van der Waals surface area contributed by atoms with Crippen molar-refractivity contribution in [3.8, 4) is 0 Å². The summed E-state index contributed by atoms with van der Waals surface area (Å²) in [6.45, 7) is 10.4. The third kappa shape index (κ3) is 2.29. The standard InChI is InChI=1S/C10H18N2S/c1-6(2)8-7(3)13-9(12-8)10(4,5)11/h6H,11H2,1-5H3. The molecule has 0 bridgehead atoms. The summed E-state index contributed by atoms with van der Waals surface area (Å²) in [6.07, 6.45) is 0. The lowest BCUT2D eigenvalue weighted by molar-refractivity contribution is 0.547. The number of rotatable bonds is 2. The summed E-state index contributed by atoms with van der Waals surface area (Å²) >= 11 is 1.71. The Morgan fingerprint density at radius 3 is 2.15 bits per heavy atom. The van der Waals surface area contributed by atoms with Crippen LogP contribution in [-0.4, -0.2) is 4.98 Å². The predicted molar refractivity (Wildman–Crippen MR) is 58.2 cm³/mol. The average molecular weight is 198 g/mol. The van der Waals surface area contributed by atoms with Crippen LogP contribution in [0, 0.1) is 6.92 Å². The first-order valence-corrected chi connectivity index (χ1v) is 5.40. The van der Waals surface area contributed by atoms with E-state index >= 15 is 0 Å². The van der Waals surface area contributed by atoms with Crippen molar-refractivity contribution in [2.45, 2.75) is 46.1 Å². The third-order valence-electron chi connectivity index (χ3n) is 1.93. The van der Waals surface area contributed by atoms with Gasteiger partial charge in [0.1, 0.15) is 5.01 Å². The Morgan fingerprint density at radius 1 is 1.38 bits per heavy atom. The molecule has 0 aliphatic carbocycles. The van der Waals surface area contributed by atoms with Crippen molar-refractivity contribution in [1.82, 2.24) is 4.98 Å². The van der Waals surface area contributed by atoms with Gasteiger partial charge in [-0.2, -0.15) is 0 Å². The zero-order chi connectivity index (χ0) is 10.2. The average Bonchev–Trinajstić information content (AvgIpc) is 2.29. The molecule has 1 aromatic rings. The molecule has 0 saturated carbocycles. The van der Waals surface area contributed by atoms with Crippen molar-refractivity contribution in [3.05, 3.63) is 15.6 Å². The van der Waals surface area contributed by atoms with Crippen LogP contribution in [0.25, 0.3) is 0 Å². The number of aryl methyl sites for hydroxylation is 1. The second-order valence-electron chi connectivity index (χ2n) is 4.34. The van der Waals surface area contributed by atoms with Crippen molar-refractivity contribution in [1.29, 1.82) is 0 Å². The van der Waals surface area contributed by atoms with Crippen molar-refractivity contribution in [2.24, 2.45) is 5.73 Å². The third-order valence-corrected chi connectivity index (χ3v) is 3.26. The molecule has 3 heteroatoms. The SMILES string of the molecule is Cc1sc(C(C)(C)N)nc1C(C)C. The van der Waals surface area contributed by atoms with E-state index in [9.17, 15) is 0 Å². The van der Waals surface area contributed by atoms with Gasteiger partial charge in [-0.05, 0) is 26.7 Å². The summed E-state index contributed by atoms with van der Waals surface area (Å²) in [5, 5.41) is 1.04. The Hall–Kier alpha value is -0.410. The molecule has 74 valence electrons. The zero-order valence-corrected chi connectivity index (χ0v) is 9.83. The Labute approximate surface area is 84.2 Å². The molecule has 1 aromatic heterocycles. The Kier molecular flexibility index (Phi) is 2.78. The van der Waals surface area contributed by atoms with Gasteiger partial charge < -0.3 is 5.73 Å². The molecule has 0 aliphatic heterocycles. The molecule has 0 aromatic carbocycles. The maximum absolute atomic E-state index is 5.99. The smallest absolute Gasteiger partial charge is 0.112 e. The van der Waals surface area contributed by atoms with Gasteiger partial charge >= 0.3 is 0 Å². The minimum Gasteiger partial charge on any atom is -0.320 e. The number of nitrogens with zero attached hydrogens (tertiary/aromatic N) is 1. The summed E-state index contributed by atoms with van der Waals surface area (Å²) < 4.78 is 0. The summed E-state index contributed by atoms with van der Waals surface area (Å²) in [6, 6.07) is 0. The zero-order valence-electron chi connectivity index (χ0n) is 9.01. The van der Waals surface area contributed by atoms with Crippen LogP contribution in [0.3, 0.4) is 0 Å². The van der Waals surface area contributed by atoms with Crippen LogP contribution in [0.1, 0.15) is 49.2 Å². The molecule has 1 rings (SSSR count). The highest BCUT2D eigenvalue weighted by Gasteiger charge is 2.21. The van der Waals surface area contributed by atoms with Gasteiger partial charge in [0, 0.05) is 4.88 Å². The topological polar surface area (TPSA) is 38.9 Å². The van der Waals surface area contributed by atoms with Crippen molar-refractivity contribution >= 4 is 11.3 Å². The molecule has 0 spiro atoms. The number of aromatic nitrogens is 1.